The molecule has 0 bridgehead atoms. The van der Waals surface area contributed by atoms with Gasteiger partial charge in [0, 0.05) is 17.1 Å². The van der Waals surface area contributed by atoms with Crippen LogP contribution in [0.3, 0.4) is 0 Å². The van der Waals surface area contributed by atoms with E-state index in [1.165, 1.54) is 10.9 Å². The Bertz CT molecular complexity index is 517. The summed E-state index contributed by atoms with van der Waals surface area (Å²) in [4.78, 5) is 4.58. The van der Waals surface area contributed by atoms with Crippen molar-refractivity contribution in [1.82, 2.24) is 10.3 Å². The Morgan fingerprint density at radius 2 is 1.88 bits per heavy atom. The summed E-state index contributed by atoms with van der Waals surface area (Å²) in [7, 11) is 2.02. The van der Waals surface area contributed by atoms with Gasteiger partial charge >= 0.3 is 0 Å². The molecule has 0 radical (unpaired) electrons. The molecular formula is C15H20N2. The van der Waals surface area contributed by atoms with Gasteiger partial charge in [-0.05, 0) is 37.6 Å². The van der Waals surface area contributed by atoms with Gasteiger partial charge in [0.15, 0.2) is 0 Å². The predicted molar refractivity (Wildman–Crippen MR) is 73.1 cm³/mol. The van der Waals surface area contributed by atoms with E-state index in [1.54, 1.807) is 0 Å². The lowest BCUT2D eigenvalue weighted by Crippen LogP contribution is -2.22. The van der Waals surface area contributed by atoms with Crippen molar-refractivity contribution in [2.75, 3.05) is 7.05 Å². The summed E-state index contributed by atoms with van der Waals surface area (Å²) in [6.07, 6.45) is 0. The van der Waals surface area contributed by atoms with Crippen LogP contribution in [0, 0.1) is 12.8 Å². The van der Waals surface area contributed by atoms with E-state index in [1.807, 2.05) is 13.1 Å². The molecule has 0 fully saturated rings. The van der Waals surface area contributed by atoms with Crippen LogP contribution >= 0.6 is 0 Å². The highest BCUT2D eigenvalue weighted by atomic mass is 14.9. The first-order chi connectivity index (χ1) is 8.13. The fraction of sp³-hybridized carbons (Fsp3) is 0.400. The number of pyridine rings is 1. The summed E-state index contributed by atoms with van der Waals surface area (Å²) in [5, 5.41) is 4.67. The predicted octanol–water partition coefficient (Wildman–Crippen LogP) is 3.46. The van der Waals surface area contributed by atoms with Gasteiger partial charge in [0.05, 0.1) is 5.52 Å². The third kappa shape index (κ3) is 2.32. The molecule has 0 aliphatic rings. The summed E-state index contributed by atoms with van der Waals surface area (Å²) in [5.41, 5.74) is 3.52. The molecular weight excluding hydrogens is 208 g/mol. The number of hydrogen-bond donors (Lipinski definition) is 1. The second-order valence-electron chi connectivity index (χ2n) is 4.88. The lowest BCUT2D eigenvalue weighted by Gasteiger charge is -2.22. The van der Waals surface area contributed by atoms with Crippen molar-refractivity contribution < 1.29 is 0 Å². The van der Waals surface area contributed by atoms with E-state index in [9.17, 15) is 0 Å². The quantitative estimate of drug-likeness (QED) is 0.870. The van der Waals surface area contributed by atoms with Crippen molar-refractivity contribution in [2.45, 2.75) is 26.8 Å². The molecule has 1 aromatic heterocycles. The standard InChI is InChI=1S/C15H20N2/c1-10(2)15(16-4)13-9-11(3)17-14-8-6-5-7-12(13)14/h5-10,15-16H,1-4H3. The Labute approximate surface area is 103 Å². The highest BCUT2D eigenvalue weighted by Gasteiger charge is 2.16. The first-order valence-electron chi connectivity index (χ1n) is 6.17. The average molecular weight is 228 g/mol. The first-order valence-corrected chi connectivity index (χ1v) is 6.17. The maximum Gasteiger partial charge on any atom is 0.0708 e. The average Bonchev–Trinajstić information content (AvgIpc) is 2.29. The topological polar surface area (TPSA) is 24.9 Å². The molecule has 0 saturated heterocycles. The molecule has 0 aliphatic heterocycles. The van der Waals surface area contributed by atoms with E-state index < -0.39 is 0 Å². The van der Waals surface area contributed by atoms with Gasteiger partial charge in [-0.15, -0.1) is 0 Å². The van der Waals surface area contributed by atoms with Gasteiger partial charge in [-0.3, -0.25) is 4.98 Å². The maximum atomic E-state index is 4.58. The fourth-order valence-corrected chi connectivity index (χ4v) is 2.45. The van der Waals surface area contributed by atoms with Crippen LogP contribution in [0.4, 0.5) is 0 Å². The SMILES string of the molecule is CNC(c1cc(C)nc2ccccc12)C(C)C. The van der Waals surface area contributed by atoms with Crippen LogP contribution in [-0.4, -0.2) is 12.0 Å². The fourth-order valence-electron chi connectivity index (χ4n) is 2.45. The van der Waals surface area contributed by atoms with Gasteiger partial charge in [-0.25, -0.2) is 0 Å². The number of hydrogen-bond acceptors (Lipinski definition) is 2. The van der Waals surface area contributed by atoms with Crippen LogP contribution in [0.15, 0.2) is 30.3 Å². The van der Waals surface area contributed by atoms with Crippen molar-refractivity contribution in [3.05, 3.63) is 41.6 Å². The molecule has 90 valence electrons. The first kappa shape index (κ1) is 12.1. The summed E-state index contributed by atoms with van der Waals surface area (Å²) in [6.45, 7) is 6.54. The second kappa shape index (κ2) is 4.84. The number of aromatic nitrogens is 1. The molecule has 1 aromatic carbocycles. The van der Waals surface area contributed by atoms with Crippen molar-refractivity contribution in [2.24, 2.45) is 5.92 Å². The molecule has 2 aromatic rings. The molecule has 2 heteroatoms. The summed E-state index contributed by atoms with van der Waals surface area (Å²) < 4.78 is 0. The number of nitrogens with zero attached hydrogens (tertiary/aromatic N) is 1. The zero-order valence-corrected chi connectivity index (χ0v) is 11.0. The Balaban J connectivity index is 2.66. The molecule has 0 amide bonds. The number of nitrogens with one attached hydrogen (secondary N) is 1. The minimum atomic E-state index is 0.376. The van der Waals surface area contributed by atoms with E-state index >= 15 is 0 Å². The molecule has 0 saturated carbocycles. The number of aryl methyl sites for hydroxylation is 1. The lowest BCUT2D eigenvalue weighted by atomic mass is 9.93. The van der Waals surface area contributed by atoms with Crippen molar-refractivity contribution in [1.29, 1.82) is 0 Å². The van der Waals surface area contributed by atoms with Gasteiger partial charge in [-0.2, -0.15) is 0 Å². The van der Waals surface area contributed by atoms with Crippen LogP contribution in [0.1, 0.15) is 31.1 Å². The molecule has 0 spiro atoms. The highest BCUT2D eigenvalue weighted by Crippen LogP contribution is 2.28. The Kier molecular flexibility index (Phi) is 3.43. The molecule has 17 heavy (non-hydrogen) atoms. The van der Waals surface area contributed by atoms with Crippen LogP contribution in [0.2, 0.25) is 0 Å². The van der Waals surface area contributed by atoms with Crippen LogP contribution in [0.25, 0.3) is 10.9 Å². The van der Waals surface area contributed by atoms with E-state index in [0.717, 1.165) is 11.2 Å². The largest absolute Gasteiger partial charge is 0.313 e. The Hall–Kier alpha value is -1.41. The Morgan fingerprint density at radius 1 is 1.18 bits per heavy atom. The molecule has 2 nitrogen and oxygen atoms in total. The van der Waals surface area contributed by atoms with Gasteiger partial charge in [0.25, 0.3) is 0 Å². The number of para-hydroxylation sites is 1. The summed E-state index contributed by atoms with van der Waals surface area (Å²) in [5.74, 6) is 0.560. The number of rotatable bonds is 3. The molecule has 2 rings (SSSR count). The lowest BCUT2D eigenvalue weighted by molar-refractivity contribution is 0.445. The third-order valence-electron chi connectivity index (χ3n) is 3.19. The van der Waals surface area contributed by atoms with Crippen molar-refractivity contribution in [3.8, 4) is 0 Å². The monoisotopic (exact) mass is 228 g/mol. The Morgan fingerprint density at radius 3 is 2.53 bits per heavy atom. The van der Waals surface area contributed by atoms with Crippen molar-refractivity contribution in [3.63, 3.8) is 0 Å². The minimum Gasteiger partial charge on any atom is -0.313 e. The van der Waals surface area contributed by atoms with Crippen molar-refractivity contribution >= 4 is 10.9 Å². The minimum absolute atomic E-state index is 0.376. The smallest absolute Gasteiger partial charge is 0.0708 e. The highest BCUT2D eigenvalue weighted by molar-refractivity contribution is 5.82. The zero-order chi connectivity index (χ0) is 12.4. The normalized spacial score (nSPS) is 13.2. The van der Waals surface area contributed by atoms with Gasteiger partial charge < -0.3 is 5.32 Å². The second-order valence-corrected chi connectivity index (χ2v) is 4.88. The third-order valence-corrected chi connectivity index (χ3v) is 3.19. The van der Waals surface area contributed by atoms with Gasteiger partial charge in [0.2, 0.25) is 0 Å². The van der Waals surface area contributed by atoms with Crippen LogP contribution < -0.4 is 5.32 Å². The van der Waals surface area contributed by atoms with E-state index in [4.69, 9.17) is 0 Å². The van der Waals surface area contributed by atoms with Gasteiger partial charge in [0.1, 0.15) is 0 Å². The summed E-state index contributed by atoms with van der Waals surface area (Å²) in [6, 6.07) is 10.9. The van der Waals surface area contributed by atoms with Crippen LogP contribution in [0.5, 0.6) is 0 Å². The van der Waals surface area contributed by atoms with E-state index in [-0.39, 0.29) is 0 Å². The van der Waals surface area contributed by atoms with Gasteiger partial charge in [-0.1, -0.05) is 32.0 Å². The zero-order valence-electron chi connectivity index (χ0n) is 11.0. The number of fused-ring (bicyclic) bond motifs is 1. The molecule has 1 atom stereocenters. The maximum absolute atomic E-state index is 4.58. The number of benzene rings is 1. The summed E-state index contributed by atoms with van der Waals surface area (Å²) >= 11 is 0. The van der Waals surface area contributed by atoms with E-state index in [2.05, 4.69) is 55.3 Å². The molecule has 0 aliphatic carbocycles. The molecule has 1 N–H and O–H groups in total. The van der Waals surface area contributed by atoms with E-state index in [0.29, 0.717) is 12.0 Å². The van der Waals surface area contributed by atoms with Crippen LogP contribution in [-0.2, 0) is 0 Å². The molecule has 1 unspecified atom stereocenters. The molecule has 1 heterocycles.